The maximum Gasteiger partial charge on any atom is 0.119 e. The van der Waals surface area contributed by atoms with Crippen molar-refractivity contribution in [1.82, 2.24) is 0 Å². The molecule has 2 aromatic rings. The lowest BCUT2D eigenvalue weighted by Crippen LogP contribution is -2.36. The van der Waals surface area contributed by atoms with Crippen molar-refractivity contribution < 1.29 is 14.9 Å². The first-order chi connectivity index (χ1) is 12.4. The first-order valence-electron chi connectivity index (χ1n) is 9.33. The van der Waals surface area contributed by atoms with Crippen LogP contribution < -0.4 is 4.90 Å². The number of aliphatic hydroxyl groups is 1. The number of benzene rings is 2. The Morgan fingerprint density at radius 3 is 2.19 bits per heavy atom. The predicted molar refractivity (Wildman–Crippen MR) is 105 cm³/mol. The molecule has 4 heteroatoms. The Labute approximate surface area is 156 Å². The van der Waals surface area contributed by atoms with Crippen LogP contribution in [-0.2, 0) is 4.74 Å². The van der Waals surface area contributed by atoms with E-state index < -0.39 is 6.10 Å². The number of ether oxygens (including phenoxy) is 1. The molecule has 26 heavy (non-hydrogen) atoms. The first kappa shape index (κ1) is 18.7. The molecule has 3 rings (SSSR count). The lowest BCUT2D eigenvalue weighted by molar-refractivity contribution is 0.122. The van der Waals surface area contributed by atoms with Crippen molar-refractivity contribution in [2.45, 2.75) is 39.7 Å². The van der Waals surface area contributed by atoms with Crippen molar-refractivity contribution in [2.24, 2.45) is 0 Å². The molecule has 1 unspecified atom stereocenters. The molecule has 140 valence electrons. The van der Waals surface area contributed by atoms with Crippen LogP contribution >= 0.6 is 0 Å². The van der Waals surface area contributed by atoms with Crippen LogP contribution in [0.15, 0.2) is 30.3 Å². The smallest absolute Gasteiger partial charge is 0.119 e. The second-order valence-electron chi connectivity index (χ2n) is 7.47. The molecule has 0 aliphatic carbocycles. The van der Waals surface area contributed by atoms with Gasteiger partial charge in [-0.15, -0.1) is 0 Å². The van der Waals surface area contributed by atoms with Crippen LogP contribution in [0.5, 0.6) is 5.75 Å². The van der Waals surface area contributed by atoms with Crippen LogP contribution in [0.4, 0.5) is 5.69 Å². The lowest BCUT2D eigenvalue weighted by atomic mass is 9.90. The van der Waals surface area contributed by atoms with E-state index >= 15 is 0 Å². The minimum Gasteiger partial charge on any atom is -0.508 e. The molecule has 2 N–H and O–H groups in total. The summed E-state index contributed by atoms with van der Waals surface area (Å²) < 4.78 is 5.44. The molecular weight excluding hydrogens is 326 g/mol. The van der Waals surface area contributed by atoms with Crippen molar-refractivity contribution in [3.63, 3.8) is 0 Å². The highest BCUT2D eigenvalue weighted by Crippen LogP contribution is 2.34. The van der Waals surface area contributed by atoms with E-state index in [0.29, 0.717) is 0 Å². The standard InChI is InChI=1S/C22H29NO3/c1-14(2)19-13-17(5-6-20(19)24)22(25)21-15(3)11-18(12-16(21)4)23-7-9-26-10-8-23/h5-6,11-14,22,24-25H,7-10H2,1-4H3. The third-order valence-corrected chi connectivity index (χ3v) is 5.22. The fraction of sp³-hybridized carbons (Fsp3) is 0.455. The van der Waals surface area contributed by atoms with Gasteiger partial charge in [0.05, 0.1) is 13.2 Å². The zero-order valence-electron chi connectivity index (χ0n) is 16.1. The number of rotatable bonds is 4. The Kier molecular flexibility index (Phi) is 5.54. The third kappa shape index (κ3) is 3.71. The van der Waals surface area contributed by atoms with Gasteiger partial charge in [-0.1, -0.05) is 19.9 Å². The summed E-state index contributed by atoms with van der Waals surface area (Å²) in [5, 5.41) is 21.1. The second-order valence-corrected chi connectivity index (χ2v) is 7.47. The van der Waals surface area contributed by atoms with Crippen LogP contribution in [0.3, 0.4) is 0 Å². The van der Waals surface area contributed by atoms with Gasteiger partial charge >= 0.3 is 0 Å². The minimum absolute atomic E-state index is 0.202. The van der Waals surface area contributed by atoms with Gasteiger partial charge in [-0.2, -0.15) is 0 Å². The molecule has 1 atom stereocenters. The molecule has 0 radical (unpaired) electrons. The molecule has 1 aliphatic heterocycles. The van der Waals surface area contributed by atoms with Crippen molar-refractivity contribution in [3.05, 3.63) is 58.1 Å². The summed E-state index contributed by atoms with van der Waals surface area (Å²) in [5.74, 6) is 0.486. The number of aliphatic hydroxyl groups excluding tert-OH is 1. The zero-order chi connectivity index (χ0) is 18.8. The number of anilines is 1. The van der Waals surface area contributed by atoms with Gasteiger partial charge in [0.15, 0.2) is 0 Å². The van der Waals surface area contributed by atoms with Crippen LogP contribution in [0, 0.1) is 13.8 Å². The highest BCUT2D eigenvalue weighted by atomic mass is 16.5. The van der Waals surface area contributed by atoms with E-state index in [1.807, 2.05) is 19.9 Å². The molecule has 1 aliphatic rings. The van der Waals surface area contributed by atoms with E-state index in [1.54, 1.807) is 12.1 Å². The molecule has 0 aromatic heterocycles. The lowest BCUT2D eigenvalue weighted by Gasteiger charge is -2.30. The van der Waals surface area contributed by atoms with Crippen molar-refractivity contribution >= 4 is 5.69 Å². The van der Waals surface area contributed by atoms with Crippen LogP contribution in [0.25, 0.3) is 0 Å². The molecule has 1 saturated heterocycles. The van der Waals surface area contributed by atoms with E-state index in [4.69, 9.17) is 4.74 Å². The van der Waals surface area contributed by atoms with Gasteiger partial charge in [0.25, 0.3) is 0 Å². The van der Waals surface area contributed by atoms with E-state index in [-0.39, 0.29) is 11.7 Å². The Morgan fingerprint density at radius 2 is 1.62 bits per heavy atom. The Bertz CT molecular complexity index is 756. The van der Waals surface area contributed by atoms with E-state index in [2.05, 4.69) is 30.9 Å². The zero-order valence-corrected chi connectivity index (χ0v) is 16.1. The molecule has 0 spiro atoms. The van der Waals surface area contributed by atoms with Crippen molar-refractivity contribution in [2.75, 3.05) is 31.2 Å². The Balaban J connectivity index is 1.94. The predicted octanol–water partition coefficient (Wildman–Crippen LogP) is 4.05. The number of aromatic hydroxyl groups is 1. The summed E-state index contributed by atoms with van der Waals surface area (Å²) >= 11 is 0. The summed E-state index contributed by atoms with van der Waals surface area (Å²) in [4.78, 5) is 2.33. The SMILES string of the molecule is Cc1cc(N2CCOCC2)cc(C)c1C(O)c1ccc(O)c(C(C)C)c1. The number of hydrogen-bond acceptors (Lipinski definition) is 4. The second kappa shape index (κ2) is 7.68. The van der Waals surface area contributed by atoms with Crippen LogP contribution in [0.1, 0.15) is 53.7 Å². The Hall–Kier alpha value is -2.04. The van der Waals surface area contributed by atoms with Gasteiger partial charge in [0.1, 0.15) is 11.9 Å². The van der Waals surface area contributed by atoms with Crippen LogP contribution in [-0.4, -0.2) is 36.5 Å². The number of hydrogen-bond donors (Lipinski definition) is 2. The first-order valence-corrected chi connectivity index (χ1v) is 9.33. The fourth-order valence-electron chi connectivity index (χ4n) is 3.76. The molecule has 0 saturated carbocycles. The van der Waals surface area contributed by atoms with Crippen LogP contribution in [0.2, 0.25) is 0 Å². The molecule has 4 nitrogen and oxygen atoms in total. The third-order valence-electron chi connectivity index (χ3n) is 5.22. The average molecular weight is 355 g/mol. The molecule has 0 amide bonds. The van der Waals surface area contributed by atoms with E-state index in [0.717, 1.165) is 54.1 Å². The number of aryl methyl sites for hydroxylation is 2. The highest BCUT2D eigenvalue weighted by Gasteiger charge is 2.20. The number of morpholine rings is 1. The maximum absolute atomic E-state index is 11.0. The summed E-state index contributed by atoms with van der Waals surface area (Å²) in [6.07, 6.45) is -0.702. The summed E-state index contributed by atoms with van der Waals surface area (Å²) in [6, 6.07) is 9.71. The summed E-state index contributed by atoms with van der Waals surface area (Å²) in [5.41, 5.74) is 5.98. The van der Waals surface area contributed by atoms with Gasteiger partial charge in [-0.25, -0.2) is 0 Å². The molecule has 1 heterocycles. The minimum atomic E-state index is -0.702. The highest BCUT2D eigenvalue weighted by molar-refractivity contribution is 5.56. The summed E-state index contributed by atoms with van der Waals surface area (Å²) in [6.45, 7) is 11.5. The quantitative estimate of drug-likeness (QED) is 0.869. The number of nitrogens with zero attached hydrogens (tertiary/aromatic N) is 1. The molecule has 1 fully saturated rings. The largest absolute Gasteiger partial charge is 0.508 e. The number of phenols is 1. The van der Waals surface area contributed by atoms with Gasteiger partial charge < -0.3 is 19.8 Å². The van der Waals surface area contributed by atoms with E-state index in [9.17, 15) is 10.2 Å². The fourth-order valence-corrected chi connectivity index (χ4v) is 3.76. The molecule has 0 bridgehead atoms. The topological polar surface area (TPSA) is 52.9 Å². The normalized spacial score (nSPS) is 16.2. The monoisotopic (exact) mass is 355 g/mol. The maximum atomic E-state index is 11.0. The summed E-state index contributed by atoms with van der Waals surface area (Å²) in [7, 11) is 0. The van der Waals surface area contributed by atoms with E-state index in [1.165, 1.54) is 5.69 Å². The average Bonchev–Trinajstić information content (AvgIpc) is 2.61. The van der Waals surface area contributed by atoms with Gasteiger partial charge in [-0.3, -0.25) is 0 Å². The molecular formula is C22H29NO3. The number of phenolic OH excluding ortho intramolecular Hbond substituents is 1. The van der Waals surface area contributed by atoms with Gasteiger partial charge in [0, 0.05) is 18.8 Å². The Morgan fingerprint density at radius 1 is 1.00 bits per heavy atom. The molecule has 2 aromatic carbocycles. The van der Waals surface area contributed by atoms with Crippen molar-refractivity contribution in [3.8, 4) is 5.75 Å². The van der Waals surface area contributed by atoms with Gasteiger partial charge in [0.2, 0.25) is 0 Å². The van der Waals surface area contributed by atoms with Crippen molar-refractivity contribution in [1.29, 1.82) is 0 Å². The van der Waals surface area contributed by atoms with Gasteiger partial charge in [-0.05, 0) is 71.8 Å².